The lowest BCUT2D eigenvalue weighted by molar-refractivity contribution is -0.120. The van der Waals surface area contributed by atoms with Crippen molar-refractivity contribution in [3.05, 3.63) is 97.8 Å². The van der Waals surface area contributed by atoms with Crippen molar-refractivity contribution < 1.29 is 4.79 Å². The molecule has 7 nitrogen and oxygen atoms in total. The largest absolute Gasteiger partial charge is 0.378 e. The quantitative estimate of drug-likeness (QED) is 0.0958. The van der Waals surface area contributed by atoms with E-state index in [-0.39, 0.29) is 5.91 Å². The molecule has 4 aromatic rings. The Morgan fingerprint density at radius 2 is 1.89 bits per heavy atom. The van der Waals surface area contributed by atoms with Gasteiger partial charge in [-0.25, -0.2) is 5.43 Å². The van der Waals surface area contributed by atoms with Gasteiger partial charge in [-0.1, -0.05) is 58.0 Å². The van der Waals surface area contributed by atoms with E-state index in [1.165, 1.54) is 15.3 Å². The second-order valence-electron chi connectivity index (χ2n) is 7.93. The number of aryl methyl sites for hydroxylation is 1. The molecule has 10 heteroatoms. The van der Waals surface area contributed by atoms with E-state index in [4.69, 9.17) is 0 Å². The lowest BCUT2D eigenvalue weighted by atomic mass is 10.2. The molecule has 0 fully saturated rings. The Kier molecular flexibility index (Phi) is 9.16. The van der Waals surface area contributed by atoms with Crippen LogP contribution in [0.4, 0.5) is 5.69 Å². The number of carbonyl (C=O) groups excluding carboxylic acids is 1. The van der Waals surface area contributed by atoms with Crippen molar-refractivity contribution in [3.63, 3.8) is 0 Å². The first kappa shape index (κ1) is 26.4. The maximum absolute atomic E-state index is 12.7. The van der Waals surface area contributed by atoms with E-state index in [0.717, 1.165) is 32.8 Å². The van der Waals surface area contributed by atoms with Gasteiger partial charge in [0.05, 0.1) is 18.0 Å². The minimum Gasteiger partial charge on any atom is -0.378 e. The van der Waals surface area contributed by atoms with E-state index in [9.17, 15) is 4.79 Å². The highest BCUT2D eigenvalue weighted by Gasteiger charge is 2.21. The Morgan fingerprint density at radius 1 is 1.14 bits per heavy atom. The summed E-state index contributed by atoms with van der Waals surface area (Å²) in [5.41, 5.74) is 6.65. The number of hydrazone groups is 1. The number of benzene rings is 3. The number of hydrogen-bond acceptors (Lipinski definition) is 6. The molecule has 184 valence electrons. The van der Waals surface area contributed by atoms with Gasteiger partial charge in [0, 0.05) is 19.4 Å². The summed E-state index contributed by atoms with van der Waals surface area (Å²) in [6, 6.07) is 23.8. The SMILES string of the molecule is Cc1cc(I)ccc1NCc1nnc(S[C@@H](C)C(=O)NN=Cc2ccc(Br)cc2)n1-c1ccccc1. The molecule has 0 unspecified atom stereocenters. The number of anilines is 1. The van der Waals surface area contributed by atoms with Crippen molar-refractivity contribution in [2.75, 3.05) is 5.32 Å². The van der Waals surface area contributed by atoms with Crippen LogP contribution in [-0.2, 0) is 11.3 Å². The molecule has 0 aliphatic heterocycles. The van der Waals surface area contributed by atoms with E-state index in [0.29, 0.717) is 11.7 Å². The van der Waals surface area contributed by atoms with Crippen LogP contribution in [-0.4, -0.2) is 32.1 Å². The number of rotatable bonds is 9. The summed E-state index contributed by atoms with van der Waals surface area (Å²) in [6.07, 6.45) is 1.62. The fourth-order valence-electron chi connectivity index (χ4n) is 3.35. The zero-order valence-corrected chi connectivity index (χ0v) is 24.2. The average Bonchev–Trinajstić information content (AvgIpc) is 3.27. The van der Waals surface area contributed by atoms with Crippen LogP contribution in [0.15, 0.2) is 87.5 Å². The third-order valence-corrected chi connectivity index (χ3v) is 7.49. The molecule has 4 rings (SSSR count). The van der Waals surface area contributed by atoms with Gasteiger partial charge in [-0.3, -0.25) is 9.36 Å². The van der Waals surface area contributed by atoms with E-state index >= 15 is 0 Å². The van der Waals surface area contributed by atoms with E-state index in [1.54, 1.807) is 6.21 Å². The normalized spacial score (nSPS) is 12.0. The van der Waals surface area contributed by atoms with Crippen molar-refractivity contribution in [2.45, 2.75) is 30.8 Å². The van der Waals surface area contributed by atoms with Gasteiger partial charge in [-0.2, -0.15) is 5.10 Å². The maximum atomic E-state index is 12.7. The molecule has 0 aliphatic carbocycles. The van der Waals surface area contributed by atoms with Gasteiger partial charge < -0.3 is 5.32 Å². The van der Waals surface area contributed by atoms with Crippen LogP contribution in [0.5, 0.6) is 0 Å². The smallest absolute Gasteiger partial charge is 0.253 e. The minimum atomic E-state index is -0.432. The third kappa shape index (κ3) is 6.95. The van der Waals surface area contributed by atoms with Gasteiger partial charge in [0.25, 0.3) is 5.91 Å². The van der Waals surface area contributed by atoms with Crippen molar-refractivity contribution in [1.29, 1.82) is 0 Å². The van der Waals surface area contributed by atoms with E-state index in [2.05, 4.69) is 89.7 Å². The van der Waals surface area contributed by atoms with Gasteiger partial charge in [0.15, 0.2) is 11.0 Å². The first-order valence-corrected chi connectivity index (χ1v) is 13.9. The molecule has 1 amide bonds. The first-order valence-electron chi connectivity index (χ1n) is 11.2. The highest BCUT2D eigenvalue weighted by atomic mass is 127. The Hall–Kier alpha value is -2.70. The summed E-state index contributed by atoms with van der Waals surface area (Å²) in [7, 11) is 0. The number of nitrogens with one attached hydrogen (secondary N) is 2. The highest BCUT2D eigenvalue weighted by Crippen LogP contribution is 2.27. The topological polar surface area (TPSA) is 84.2 Å². The molecule has 0 saturated heterocycles. The van der Waals surface area contributed by atoms with Crippen molar-refractivity contribution in [3.8, 4) is 5.69 Å². The zero-order chi connectivity index (χ0) is 25.5. The number of nitrogens with zero attached hydrogens (tertiary/aromatic N) is 4. The van der Waals surface area contributed by atoms with Gasteiger partial charge in [-0.05, 0) is 90.0 Å². The van der Waals surface area contributed by atoms with Gasteiger partial charge in [0.2, 0.25) is 0 Å². The van der Waals surface area contributed by atoms with Crippen molar-refractivity contribution >= 4 is 68.1 Å². The molecule has 2 N–H and O–H groups in total. The summed E-state index contributed by atoms with van der Waals surface area (Å²) in [5, 5.41) is 16.6. The second-order valence-corrected chi connectivity index (χ2v) is 11.4. The molecule has 0 bridgehead atoms. The fourth-order valence-corrected chi connectivity index (χ4v) is 5.14. The number of hydrogen-bond donors (Lipinski definition) is 2. The number of para-hydroxylation sites is 1. The van der Waals surface area contributed by atoms with Crippen LogP contribution >= 0.6 is 50.3 Å². The van der Waals surface area contributed by atoms with Crippen LogP contribution in [0.3, 0.4) is 0 Å². The number of halogens is 2. The number of thioether (sulfide) groups is 1. The molecule has 0 aliphatic rings. The summed E-state index contributed by atoms with van der Waals surface area (Å²) in [5.74, 6) is 0.535. The predicted octanol–water partition coefficient (Wildman–Crippen LogP) is 6.19. The van der Waals surface area contributed by atoms with Crippen LogP contribution in [0, 0.1) is 10.5 Å². The second kappa shape index (κ2) is 12.5. The van der Waals surface area contributed by atoms with Crippen molar-refractivity contribution in [2.24, 2.45) is 5.10 Å². The van der Waals surface area contributed by atoms with Crippen LogP contribution < -0.4 is 10.7 Å². The summed E-state index contributed by atoms with van der Waals surface area (Å²) >= 11 is 7.05. The Balaban J connectivity index is 1.48. The van der Waals surface area contributed by atoms with Gasteiger partial charge >= 0.3 is 0 Å². The Bertz CT molecular complexity index is 1360. The Labute approximate surface area is 236 Å². The van der Waals surface area contributed by atoms with Crippen LogP contribution in [0.25, 0.3) is 5.69 Å². The molecular weight excluding hydrogens is 651 g/mol. The molecular formula is C26H24BrIN6OS. The Morgan fingerprint density at radius 3 is 2.61 bits per heavy atom. The molecule has 1 aromatic heterocycles. The minimum absolute atomic E-state index is 0.217. The van der Waals surface area contributed by atoms with Gasteiger partial charge in [-0.15, -0.1) is 10.2 Å². The summed E-state index contributed by atoms with van der Waals surface area (Å²) in [6.45, 7) is 4.39. The molecule has 1 heterocycles. The number of amides is 1. The lowest BCUT2D eigenvalue weighted by Crippen LogP contribution is -2.27. The monoisotopic (exact) mass is 674 g/mol. The summed E-state index contributed by atoms with van der Waals surface area (Å²) < 4.78 is 4.16. The lowest BCUT2D eigenvalue weighted by Gasteiger charge is -2.14. The standard InChI is InChI=1S/C26H24BrIN6OS/c1-17-14-21(28)12-13-23(17)29-16-24-31-33-26(34(24)22-6-4-3-5-7-22)36-18(2)25(35)32-30-15-19-8-10-20(27)11-9-19/h3-15,18,29H,16H2,1-2H3,(H,32,35)/t18-/m0/s1. The molecule has 0 spiro atoms. The molecule has 0 radical (unpaired) electrons. The van der Waals surface area contributed by atoms with Gasteiger partial charge in [0.1, 0.15) is 0 Å². The van der Waals surface area contributed by atoms with Crippen molar-refractivity contribution in [1.82, 2.24) is 20.2 Å². The number of aromatic nitrogens is 3. The maximum Gasteiger partial charge on any atom is 0.253 e. The molecule has 3 aromatic carbocycles. The average molecular weight is 675 g/mol. The summed E-state index contributed by atoms with van der Waals surface area (Å²) in [4.78, 5) is 12.7. The molecule has 0 saturated carbocycles. The first-order chi connectivity index (χ1) is 17.4. The number of carbonyl (C=O) groups is 1. The zero-order valence-electron chi connectivity index (χ0n) is 19.7. The molecule has 36 heavy (non-hydrogen) atoms. The van der Waals surface area contributed by atoms with E-state index < -0.39 is 5.25 Å². The highest BCUT2D eigenvalue weighted by molar-refractivity contribution is 14.1. The third-order valence-electron chi connectivity index (χ3n) is 5.25. The predicted molar refractivity (Wildman–Crippen MR) is 158 cm³/mol. The van der Waals surface area contributed by atoms with E-state index in [1.807, 2.05) is 66.1 Å². The molecule has 1 atom stereocenters. The van der Waals surface area contributed by atoms with Crippen LogP contribution in [0.1, 0.15) is 23.9 Å². The fraction of sp³-hybridized carbons (Fsp3) is 0.154. The van der Waals surface area contributed by atoms with Crippen LogP contribution in [0.2, 0.25) is 0 Å².